The lowest BCUT2D eigenvalue weighted by atomic mass is 9.90. The minimum atomic E-state index is -0.331. The largest absolute Gasteiger partial charge is 0.454 e. The van der Waals surface area contributed by atoms with E-state index in [9.17, 15) is 9.59 Å². The van der Waals surface area contributed by atoms with E-state index in [-0.39, 0.29) is 18.1 Å². The Morgan fingerprint density at radius 3 is 3.08 bits per heavy atom. The number of fused-ring (bicyclic) bond motifs is 2. The van der Waals surface area contributed by atoms with Gasteiger partial charge in [-0.3, -0.25) is 4.79 Å². The van der Waals surface area contributed by atoms with E-state index in [1.165, 1.54) is 50.1 Å². The maximum absolute atomic E-state index is 12.3. The summed E-state index contributed by atoms with van der Waals surface area (Å²) >= 11 is 2.79. The number of rotatable bonds is 3. The summed E-state index contributed by atoms with van der Waals surface area (Å²) in [6, 6.07) is 3.39. The molecule has 6 nitrogen and oxygen atoms in total. The van der Waals surface area contributed by atoms with Crippen LogP contribution in [0, 0.1) is 12.8 Å². The molecule has 0 saturated carbocycles. The monoisotopic (exact) mass is 375 g/mol. The minimum absolute atomic E-state index is 0.0459. The molecule has 3 aromatic rings. The van der Waals surface area contributed by atoms with Gasteiger partial charge < -0.3 is 4.74 Å². The lowest BCUT2D eigenvalue weighted by Crippen LogP contribution is -2.14. The van der Waals surface area contributed by atoms with Crippen LogP contribution in [0.25, 0.3) is 4.96 Å². The first-order valence-corrected chi connectivity index (χ1v) is 9.78. The Morgan fingerprint density at radius 2 is 2.24 bits per heavy atom. The fraction of sp³-hybridized carbons (Fsp3) is 0.412. The molecule has 0 unspecified atom stereocenters. The highest BCUT2D eigenvalue weighted by Gasteiger charge is 2.21. The minimum Gasteiger partial charge on any atom is -0.454 e. The zero-order chi connectivity index (χ0) is 17.6. The van der Waals surface area contributed by atoms with Crippen LogP contribution in [0.2, 0.25) is 0 Å². The van der Waals surface area contributed by atoms with Crippen molar-refractivity contribution in [1.82, 2.24) is 14.6 Å². The van der Waals surface area contributed by atoms with E-state index in [0.29, 0.717) is 26.5 Å². The van der Waals surface area contributed by atoms with Gasteiger partial charge in [0, 0.05) is 16.6 Å². The number of hydrogen-bond donors (Lipinski definition) is 0. The number of aryl methyl sites for hydroxylation is 2. The second-order valence-corrected chi connectivity index (χ2v) is 8.59. The van der Waals surface area contributed by atoms with Crippen molar-refractivity contribution in [2.45, 2.75) is 39.7 Å². The van der Waals surface area contributed by atoms with E-state index in [4.69, 9.17) is 4.74 Å². The van der Waals surface area contributed by atoms with E-state index in [2.05, 4.69) is 17.0 Å². The Balaban J connectivity index is 1.49. The molecule has 8 heteroatoms. The molecule has 1 atom stereocenters. The second-order valence-electron chi connectivity index (χ2n) is 6.41. The van der Waals surface area contributed by atoms with Crippen LogP contribution in [0.5, 0.6) is 0 Å². The van der Waals surface area contributed by atoms with E-state index in [1.807, 2.05) is 6.07 Å². The van der Waals surface area contributed by atoms with E-state index >= 15 is 0 Å². The summed E-state index contributed by atoms with van der Waals surface area (Å²) in [6.45, 7) is 4.05. The summed E-state index contributed by atoms with van der Waals surface area (Å²) in [5.74, 6) is 0.339. The average Bonchev–Trinajstić information content (AvgIpc) is 3.15. The van der Waals surface area contributed by atoms with E-state index in [1.54, 1.807) is 6.92 Å². The molecule has 0 radical (unpaired) electrons. The maximum Gasteiger partial charge on any atom is 0.348 e. The quantitative estimate of drug-likeness (QED) is 0.658. The van der Waals surface area contributed by atoms with Crippen LogP contribution < -0.4 is 5.56 Å². The number of aromatic nitrogens is 3. The third-order valence-corrected chi connectivity index (χ3v) is 6.37. The van der Waals surface area contributed by atoms with Crippen LogP contribution in [0.15, 0.2) is 16.9 Å². The van der Waals surface area contributed by atoms with Gasteiger partial charge in [0.15, 0.2) is 5.01 Å². The molecule has 0 saturated heterocycles. The fourth-order valence-corrected chi connectivity index (χ4v) is 4.98. The van der Waals surface area contributed by atoms with Gasteiger partial charge in [-0.25, -0.2) is 9.78 Å². The summed E-state index contributed by atoms with van der Waals surface area (Å²) in [5, 5.41) is 4.73. The Morgan fingerprint density at radius 1 is 1.40 bits per heavy atom. The van der Waals surface area contributed by atoms with Gasteiger partial charge in [0.2, 0.25) is 4.96 Å². The third kappa shape index (κ3) is 3.23. The van der Waals surface area contributed by atoms with E-state index in [0.717, 1.165) is 12.8 Å². The molecule has 4 rings (SSSR count). The van der Waals surface area contributed by atoms with Crippen molar-refractivity contribution in [2.75, 3.05) is 0 Å². The lowest BCUT2D eigenvalue weighted by Gasteiger charge is -2.16. The van der Waals surface area contributed by atoms with Crippen LogP contribution in [0.3, 0.4) is 0 Å². The highest BCUT2D eigenvalue weighted by Crippen LogP contribution is 2.32. The Bertz CT molecular complexity index is 1020. The van der Waals surface area contributed by atoms with Crippen molar-refractivity contribution >= 4 is 33.6 Å². The number of carbonyl (C=O) groups is 1. The van der Waals surface area contributed by atoms with Crippen LogP contribution in [0.4, 0.5) is 0 Å². The summed E-state index contributed by atoms with van der Waals surface area (Å²) in [7, 11) is 0. The number of carbonyl (C=O) groups excluding carboxylic acids is 1. The van der Waals surface area contributed by atoms with Crippen LogP contribution in [-0.4, -0.2) is 20.6 Å². The number of thiophene rings is 1. The van der Waals surface area contributed by atoms with Gasteiger partial charge in [-0.15, -0.1) is 11.3 Å². The zero-order valence-corrected chi connectivity index (χ0v) is 15.6. The molecule has 0 aliphatic heterocycles. The van der Waals surface area contributed by atoms with Gasteiger partial charge in [0.05, 0.1) is 0 Å². The maximum atomic E-state index is 12.3. The Hall–Kier alpha value is -2.06. The van der Waals surface area contributed by atoms with Crippen molar-refractivity contribution in [3.05, 3.63) is 48.5 Å². The molecule has 1 aliphatic carbocycles. The third-order valence-electron chi connectivity index (χ3n) is 4.27. The van der Waals surface area contributed by atoms with Crippen molar-refractivity contribution in [3.8, 4) is 0 Å². The second kappa shape index (κ2) is 6.34. The highest BCUT2D eigenvalue weighted by atomic mass is 32.1. The fourth-order valence-electron chi connectivity index (χ4n) is 3.02. The topological polar surface area (TPSA) is 73.6 Å². The van der Waals surface area contributed by atoms with Crippen molar-refractivity contribution in [1.29, 1.82) is 0 Å². The number of esters is 1. The van der Waals surface area contributed by atoms with Gasteiger partial charge in [-0.2, -0.15) is 9.61 Å². The first-order chi connectivity index (χ1) is 12.0. The zero-order valence-electron chi connectivity index (χ0n) is 13.9. The number of nitrogens with zero attached hydrogens (tertiary/aromatic N) is 3. The molecule has 3 aromatic heterocycles. The first kappa shape index (κ1) is 16.4. The van der Waals surface area contributed by atoms with Gasteiger partial charge in [-0.1, -0.05) is 18.3 Å². The summed E-state index contributed by atoms with van der Waals surface area (Å²) in [6.07, 6.45) is 3.25. The molecule has 1 aliphatic rings. The van der Waals surface area contributed by atoms with Crippen molar-refractivity contribution in [3.63, 3.8) is 0 Å². The summed E-state index contributed by atoms with van der Waals surface area (Å²) in [4.78, 5) is 30.9. The molecule has 25 heavy (non-hydrogen) atoms. The van der Waals surface area contributed by atoms with Crippen molar-refractivity contribution < 1.29 is 9.53 Å². The SMILES string of the molecule is Cc1cc(=O)n2nc(COC(=O)c3cc4c(s3)CC[C@H](C)C4)sc2n1. The molecule has 0 spiro atoms. The predicted molar refractivity (Wildman–Crippen MR) is 96.5 cm³/mol. The molecule has 0 N–H and O–H groups in total. The molecule has 0 bridgehead atoms. The molecule has 3 heterocycles. The molecule has 0 fully saturated rings. The molecule has 0 amide bonds. The highest BCUT2D eigenvalue weighted by molar-refractivity contribution is 7.16. The van der Waals surface area contributed by atoms with Gasteiger partial charge in [0.25, 0.3) is 5.56 Å². The molecular formula is C17H17N3O3S2. The normalized spacial score (nSPS) is 16.8. The van der Waals surface area contributed by atoms with Crippen LogP contribution in [-0.2, 0) is 24.2 Å². The standard InChI is InChI=1S/C17H17N3O3S2/c1-9-3-4-12-11(5-9)7-13(24-12)16(22)23-8-14-19-20-15(21)6-10(2)18-17(20)25-14/h6-7,9H,3-5,8H2,1-2H3/t9-/m0/s1. The molecule has 0 aromatic carbocycles. The predicted octanol–water partition coefficient (Wildman–Crippen LogP) is 3.00. The van der Waals surface area contributed by atoms with Crippen molar-refractivity contribution in [2.24, 2.45) is 5.92 Å². The Labute approximate surface area is 152 Å². The number of ether oxygens (including phenoxy) is 1. The van der Waals surface area contributed by atoms with Gasteiger partial charge in [0.1, 0.15) is 11.5 Å². The van der Waals surface area contributed by atoms with Crippen LogP contribution in [0.1, 0.15) is 44.2 Å². The van der Waals surface area contributed by atoms with E-state index < -0.39 is 0 Å². The lowest BCUT2D eigenvalue weighted by molar-refractivity contribution is 0.0477. The first-order valence-electron chi connectivity index (χ1n) is 8.14. The molecule has 130 valence electrons. The van der Waals surface area contributed by atoms with Gasteiger partial charge >= 0.3 is 5.97 Å². The Kier molecular flexibility index (Phi) is 4.16. The average molecular weight is 375 g/mol. The summed E-state index contributed by atoms with van der Waals surface area (Å²) in [5.41, 5.74) is 1.70. The van der Waals surface area contributed by atoms with Gasteiger partial charge in [-0.05, 0) is 43.7 Å². The number of hydrogen-bond acceptors (Lipinski definition) is 7. The van der Waals surface area contributed by atoms with Crippen LogP contribution >= 0.6 is 22.7 Å². The summed E-state index contributed by atoms with van der Waals surface area (Å²) < 4.78 is 6.64. The smallest absolute Gasteiger partial charge is 0.348 e. The molecular weight excluding hydrogens is 358 g/mol.